The van der Waals surface area contributed by atoms with E-state index in [1.165, 1.54) is 17.5 Å². The lowest BCUT2D eigenvalue weighted by molar-refractivity contribution is 0.112. The van der Waals surface area contributed by atoms with E-state index in [1.807, 2.05) is 17.5 Å². The molecule has 2 aromatic rings. The van der Waals surface area contributed by atoms with Crippen molar-refractivity contribution in [2.45, 2.75) is 51.4 Å². The fraction of sp³-hybridized carbons (Fsp3) is 0.400. The number of benzene rings is 1. The zero-order valence-electron chi connectivity index (χ0n) is 14.2. The van der Waals surface area contributed by atoms with E-state index in [1.54, 1.807) is 17.5 Å². The summed E-state index contributed by atoms with van der Waals surface area (Å²) in [5.41, 5.74) is 4.72. The Bertz CT molecular complexity index is 754. The van der Waals surface area contributed by atoms with Crippen molar-refractivity contribution in [2.75, 3.05) is 0 Å². The number of hydrogen-bond acceptors (Lipinski definition) is 3. The normalized spacial score (nSPS) is 18.8. The molecule has 1 aromatic heterocycles. The lowest BCUT2D eigenvalue weighted by Crippen LogP contribution is -2.34. The van der Waals surface area contributed by atoms with Crippen molar-refractivity contribution in [2.24, 2.45) is 0 Å². The summed E-state index contributed by atoms with van der Waals surface area (Å²) >= 11 is 1.60. The van der Waals surface area contributed by atoms with Crippen molar-refractivity contribution >= 4 is 29.8 Å². The average Bonchev–Trinajstić information content (AvgIpc) is 3.02. The first-order valence-corrected chi connectivity index (χ1v) is 8.93. The van der Waals surface area contributed by atoms with Crippen molar-refractivity contribution in [1.29, 1.82) is 0 Å². The molecule has 2 nitrogen and oxygen atoms in total. The summed E-state index contributed by atoms with van der Waals surface area (Å²) in [6.07, 6.45) is 9.09. The fourth-order valence-corrected chi connectivity index (χ4v) is 3.90. The Morgan fingerprint density at radius 2 is 1.61 bits per heavy atom. The van der Waals surface area contributed by atoms with E-state index in [0.717, 1.165) is 28.8 Å². The Hall–Kier alpha value is -1.74. The Morgan fingerprint density at radius 1 is 1.00 bits per heavy atom. The summed E-state index contributed by atoms with van der Waals surface area (Å²) in [4.78, 5) is 15.9. The minimum Gasteiger partial charge on any atom is -0.298 e. The summed E-state index contributed by atoms with van der Waals surface area (Å²) in [5, 5.41) is 2.91. The topological polar surface area (TPSA) is 30.0 Å². The maximum atomic E-state index is 11.6. The fourth-order valence-electron chi connectivity index (χ4n) is 3.37. The highest BCUT2D eigenvalue weighted by molar-refractivity contribution is 7.10. The summed E-state index contributed by atoms with van der Waals surface area (Å²) in [6, 6.07) is 4.31. The Morgan fingerprint density at radius 3 is 2.13 bits per heavy atom. The third-order valence-electron chi connectivity index (χ3n) is 5.04. The van der Waals surface area contributed by atoms with E-state index in [9.17, 15) is 4.79 Å². The first-order valence-electron chi connectivity index (χ1n) is 8.05. The van der Waals surface area contributed by atoms with Gasteiger partial charge in [0.2, 0.25) is 0 Å². The van der Waals surface area contributed by atoms with Gasteiger partial charge in [-0.2, -0.15) is 0 Å². The lowest BCUT2D eigenvalue weighted by atomic mass is 9.62. The van der Waals surface area contributed by atoms with Crippen molar-refractivity contribution < 1.29 is 4.79 Å². The molecule has 1 aliphatic rings. The summed E-state index contributed by atoms with van der Waals surface area (Å²) in [5.74, 6) is 0. The SMILES string of the molecule is CC1(C)CCC(C)(C)c2cc(C=Cc3nccs3)c(C=O)cc21. The highest BCUT2D eigenvalue weighted by atomic mass is 32.1. The average molecular weight is 325 g/mol. The molecule has 0 saturated carbocycles. The largest absolute Gasteiger partial charge is 0.298 e. The maximum Gasteiger partial charge on any atom is 0.150 e. The number of fused-ring (bicyclic) bond motifs is 1. The number of nitrogens with zero attached hydrogens (tertiary/aromatic N) is 1. The number of thiazole rings is 1. The molecule has 3 rings (SSSR count). The lowest BCUT2D eigenvalue weighted by Gasteiger charge is -2.42. The van der Waals surface area contributed by atoms with Crippen molar-refractivity contribution in [3.8, 4) is 0 Å². The standard InChI is InChI=1S/C20H23NOS/c1-19(2)7-8-20(3,4)17-12-15(13-22)14(11-16(17)19)5-6-18-21-9-10-23-18/h5-6,9-13H,7-8H2,1-4H3. The maximum absolute atomic E-state index is 11.6. The van der Waals surface area contributed by atoms with E-state index >= 15 is 0 Å². The summed E-state index contributed by atoms with van der Waals surface area (Å²) < 4.78 is 0. The van der Waals surface area contributed by atoms with Gasteiger partial charge in [0.25, 0.3) is 0 Å². The quantitative estimate of drug-likeness (QED) is 0.700. The predicted octanol–water partition coefficient (Wildman–Crippen LogP) is 5.48. The molecule has 0 unspecified atom stereocenters. The molecule has 0 aliphatic heterocycles. The minimum atomic E-state index is 0.125. The Labute approximate surface area is 142 Å². The second-order valence-corrected chi connectivity index (χ2v) is 8.54. The second kappa shape index (κ2) is 5.72. The number of carbonyl (C=O) groups excluding carboxylic acids is 1. The van der Waals surface area contributed by atoms with Crippen LogP contribution in [-0.2, 0) is 10.8 Å². The van der Waals surface area contributed by atoms with Crippen LogP contribution in [0.1, 0.15) is 72.6 Å². The second-order valence-electron chi connectivity index (χ2n) is 7.62. The van der Waals surface area contributed by atoms with Crippen molar-refractivity contribution in [3.05, 3.63) is 51.0 Å². The van der Waals surface area contributed by atoms with Crippen LogP contribution in [0.3, 0.4) is 0 Å². The summed E-state index contributed by atoms with van der Waals surface area (Å²) in [7, 11) is 0. The molecule has 0 radical (unpaired) electrons. The van der Waals surface area contributed by atoms with Gasteiger partial charge in [0.05, 0.1) is 0 Å². The smallest absolute Gasteiger partial charge is 0.150 e. The van der Waals surface area contributed by atoms with Crippen LogP contribution in [0.5, 0.6) is 0 Å². The molecule has 1 aliphatic carbocycles. The number of hydrogen-bond donors (Lipinski definition) is 0. The highest BCUT2D eigenvalue weighted by Gasteiger charge is 2.37. The first kappa shape index (κ1) is 16.1. The predicted molar refractivity (Wildman–Crippen MR) is 98.2 cm³/mol. The third kappa shape index (κ3) is 3.02. The van der Waals surface area contributed by atoms with Crippen LogP contribution in [0.2, 0.25) is 0 Å². The van der Waals surface area contributed by atoms with Gasteiger partial charge in [-0.3, -0.25) is 4.79 Å². The van der Waals surface area contributed by atoms with E-state index in [0.29, 0.717) is 0 Å². The van der Waals surface area contributed by atoms with Crippen LogP contribution in [-0.4, -0.2) is 11.3 Å². The molecule has 120 valence electrons. The Kier molecular flexibility index (Phi) is 4.01. The molecule has 0 spiro atoms. The molecule has 1 heterocycles. The number of aldehydes is 1. The van der Waals surface area contributed by atoms with Gasteiger partial charge in [0, 0.05) is 17.1 Å². The first-order chi connectivity index (χ1) is 10.8. The van der Waals surface area contributed by atoms with Gasteiger partial charge >= 0.3 is 0 Å². The van der Waals surface area contributed by atoms with E-state index in [2.05, 4.69) is 44.8 Å². The Balaban J connectivity index is 2.13. The van der Waals surface area contributed by atoms with Gasteiger partial charge in [-0.1, -0.05) is 39.8 Å². The van der Waals surface area contributed by atoms with Crippen LogP contribution >= 0.6 is 11.3 Å². The number of carbonyl (C=O) groups is 1. The molecule has 0 amide bonds. The van der Waals surface area contributed by atoms with Gasteiger partial charge in [-0.05, 0) is 52.5 Å². The monoisotopic (exact) mass is 325 g/mol. The molecule has 0 fully saturated rings. The minimum absolute atomic E-state index is 0.125. The van der Waals surface area contributed by atoms with Crippen LogP contribution in [0, 0.1) is 0 Å². The van der Waals surface area contributed by atoms with E-state index in [-0.39, 0.29) is 10.8 Å². The third-order valence-corrected chi connectivity index (χ3v) is 5.78. The zero-order valence-corrected chi connectivity index (χ0v) is 15.0. The molecule has 0 saturated heterocycles. The van der Waals surface area contributed by atoms with Crippen molar-refractivity contribution in [3.63, 3.8) is 0 Å². The molecule has 0 N–H and O–H groups in total. The van der Waals surface area contributed by atoms with Crippen LogP contribution < -0.4 is 0 Å². The molecule has 0 atom stereocenters. The molecule has 23 heavy (non-hydrogen) atoms. The summed E-state index contributed by atoms with van der Waals surface area (Å²) in [6.45, 7) is 9.16. The van der Waals surface area contributed by atoms with E-state index < -0.39 is 0 Å². The highest BCUT2D eigenvalue weighted by Crippen LogP contribution is 2.46. The molecular weight excluding hydrogens is 302 g/mol. The molecule has 1 aromatic carbocycles. The van der Waals surface area contributed by atoms with Gasteiger partial charge in [0.1, 0.15) is 5.01 Å². The zero-order chi connectivity index (χ0) is 16.7. The van der Waals surface area contributed by atoms with Crippen molar-refractivity contribution in [1.82, 2.24) is 4.98 Å². The molecule has 0 bridgehead atoms. The van der Waals surface area contributed by atoms with E-state index in [4.69, 9.17) is 0 Å². The van der Waals surface area contributed by atoms with Crippen LogP contribution in [0.4, 0.5) is 0 Å². The number of aromatic nitrogens is 1. The molecular formula is C20H23NOS. The molecule has 3 heteroatoms. The number of rotatable bonds is 3. The van der Waals surface area contributed by atoms with Gasteiger partial charge in [0.15, 0.2) is 6.29 Å². The van der Waals surface area contributed by atoms with Gasteiger partial charge in [-0.15, -0.1) is 11.3 Å². The van der Waals surface area contributed by atoms with Crippen LogP contribution in [0.25, 0.3) is 12.2 Å². The van der Waals surface area contributed by atoms with Gasteiger partial charge in [-0.25, -0.2) is 4.98 Å². The van der Waals surface area contributed by atoms with Gasteiger partial charge < -0.3 is 0 Å². The van der Waals surface area contributed by atoms with Crippen LogP contribution in [0.15, 0.2) is 23.7 Å².